The van der Waals surface area contributed by atoms with E-state index in [1.165, 1.54) is 18.5 Å². The van der Waals surface area contributed by atoms with Gasteiger partial charge in [-0.3, -0.25) is 0 Å². The Labute approximate surface area is 121 Å². The number of anilines is 1. The van der Waals surface area contributed by atoms with Crippen LogP contribution in [0.25, 0.3) is 5.65 Å². The van der Waals surface area contributed by atoms with Gasteiger partial charge in [0.25, 0.3) is 0 Å². The third-order valence-corrected chi connectivity index (χ3v) is 3.61. The van der Waals surface area contributed by atoms with Crippen molar-refractivity contribution >= 4 is 11.5 Å². The Morgan fingerprint density at radius 1 is 1.25 bits per heavy atom. The molecule has 0 amide bonds. The third kappa shape index (κ3) is 3.12. The van der Waals surface area contributed by atoms with Crippen molar-refractivity contribution < 1.29 is 0 Å². The molecule has 0 fully saturated rings. The monoisotopic (exact) mass is 274 g/mol. The molecule has 0 unspecified atom stereocenters. The Morgan fingerprint density at radius 3 is 2.80 bits per heavy atom. The number of aromatic nitrogens is 2. The summed E-state index contributed by atoms with van der Waals surface area (Å²) >= 11 is 0. The molecule has 2 heterocycles. The Bertz CT molecular complexity index is 532. The first kappa shape index (κ1) is 14.9. The topological polar surface area (TPSA) is 32.6 Å². The second-order valence-corrected chi connectivity index (χ2v) is 5.02. The molecule has 0 aromatic carbocycles. The first-order chi connectivity index (χ1) is 9.81. The number of pyridine rings is 1. The molecule has 0 bridgehead atoms. The highest BCUT2D eigenvalue weighted by Gasteiger charge is 2.16. The highest BCUT2D eigenvalue weighted by molar-refractivity contribution is 5.56. The van der Waals surface area contributed by atoms with Crippen LogP contribution in [0.3, 0.4) is 0 Å². The fourth-order valence-electron chi connectivity index (χ4n) is 2.46. The van der Waals surface area contributed by atoms with E-state index in [4.69, 9.17) is 4.98 Å². The van der Waals surface area contributed by atoms with Gasteiger partial charge in [0.2, 0.25) is 0 Å². The Morgan fingerprint density at radius 2 is 2.10 bits per heavy atom. The van der Waals surface area contributed by atoms with E-state index in [1.54, 1.807) is 0 Å². The number of nitrogens with zero attached hydrogens (tertiary/aromatic N) is 3. The highest BCUT2D eigenvalue weighted by Crippen LogP contribution is 2.22. The largest absolute Gasteiger partial charge is 0.355 e. The van der Waals surface area contributed by atoms with Gasteiger partial charge in [0, 0.05) is 25.8 Å². The fraction of sp³-hybridized carbons (Fsp3) is 0.562. The van der Waals surface area contributed by atoms with Crippen LogP contribution in [0, 0.1) is 0 Å². The van der Waals surface area contributed by atoms with Crippen LogP contribution in [0.15, 0.2) is 24.4 Å². The molecule has 2 rings (SSSR count). The van der Waals surface area contributed by atoms with Crippen LogP contribution in [0.5, 0.6) is 0 Å². The van der Waals surface area contributed by atoms with Crippen molar-refractivity contribution in [3.05, 3.63) is 30.1 Å². The lowest BCUT2D eigenvalue weighted by Gasteiger charge is -2.22. The molecule has 0 saturated heterocycles. The molecule has 0 saturated carbocycles. The van der Waals surface area contributed by atoms with Gasteiger partial charge in [0.1, 0.15) is 5.65 Å². The van der Waals surface area contributed by atoms with Crippen molar-refractivity contribution in [3.8, 4) is 0 Å². The molecule has 4 nitrogen and oxygen atoms in total. The maximum absolute atomic E-state index is 4.84. The zero-order valence-corrected chi connectivity index (χ0v) is 12.9. The Kier molecular flexibility index (Phi) is 5.41. The highest BCUT2D eigenvalue weighted by atomic mass is 15.2. The van der Waals surface area contributed by atoms with Gasteiger partial charge in [-0.2, -0.15) is 0 Å². The molecule has 0 aliphatic carbocycles. The second kappa shape index (κ2) is 7.29. The molecule has 110 valence electrons. The minimum atomic E-state index is 0.861. The van der Waals surface area contributed by atoms with Crippen molar-refractivity contribution in [2.75, 3.05) is 24.5 Å². The first-order valence-corrected chi connectivity index (χ1v) is 7.73. The van der Waals surface area contributed by atoms with E-state index in [0.717, 1.165) is 37.6 Å². The number of fused-ring (bicyclic) bond motifs is 1. The van der Waals surface area contributed by atoms with Gasteiger partial charge in [-0.25, -0.2) is 4.98 Å². The number of imidazole rings is 1. The van der Waals surface area contributed by atoms with Crippen LogP contribution in [-0.4, -0.2) is 29.0 Å². The van der Waals surface area contributed by atoms with E-state index in [0.29, 0.717) is 0 Å². The van der Waals surface area contributed by atoms with Crippen molar-refractivity contribution in [1.29, 1.82) is 0 Å². The van der Waals surface area contributed by atoms with Crippen LogP contribution in [0.4, 0.5) is 5.82 Å². The SMILES string of the molecule is CCCCN(CC)c1nc2ccccn2c1CNCC. The standard InChI is InChI=1S/C16H26N4/c1-4-7-11-19(6-3)16-14(13-17-5-2)20-12-9-8-10-15(20)18-16/h8-10,12,17H,4-7,11,13H2,1-3H3. The lowest BCUT2D eigenvalue weighted by molar-refractivity contribution is 0.687. The van der Waals surface area contributed by atoms with E-state index in [-0.39, 0.29) is 0 Å². The molecule has 0 atom stereocenters. The van der Waals surface area contributed by atoms with Gasteiger partial charge in [-0.1, -0.05) is 26.3 Å². The zero-order valence-electron chi connectivity index (χ0n) is 12.9. The number of hydrogen-bond donors (Lipinski definition) is 1. The molecular weight excluding hydrogens is 248 g/mol. The minimum Gasteiger partial charge on any atom is -0.355 e. The molecule has 1 N–H and O–H groups in total. The summed E-state index contributed by atoms with van der Waals surface area (Å²) in [5.41, 5.74) is 2.30. The maximum atomic E-state index is 4.84. The van der Waals surface area contributed by atoms with E-state index >= 15 is 0 Å². The maximum Gasteiger partial charge on any atom is 0.152 e. The molecule has 2 aromatic rings. The van der Waals surface area contributed by atoms with Gasteiger partial charge in [-0.05, 0) is 32.0 Å². The van der Waals surface area contributed by atoms with Crippen LogP contribution < -0.4 is 10.2 Å². The molecule has 4 heteroatoms. The van der Waals surface area contributed by atoms with Gasteiger partial charge in [-0.15, -0.1) is 0 Å². The summed E-state index contributed by atoms with van der Waals surface area (Å²) < 4.78 is 2.20. The van der Waals surface area contributed by atoms with Gasteiger partial charge < -0.3 is 14.6 Å². The fourth-order valence-corrected chi connectivity index (χ4v) is 2.46. The molecule has 20 heavy (non-hydrogen) atoms. The molecule has 0 aliphatic rings. The summed E-state index contributed by atoms with van der Waals surface area (Å²) in [7, 11) is 0. The van der Waals surface area contributed by atoms with E-state index < -0.39 is 0 Å². The first-order valence-electron chi connectivity index (χ1n) is 7.73. The molecule has 0 spiro atoms. The van der Waals surface area contributed by atoms with E-state index in [1.807, 2.05) is 6.07 Å². The van der Waals surface area contributed by atoms with Gasteiger partial charge in [0.15, 0.2) is 5.82 Å². The van der Waals surface area contributed by atoms with Gasteiger partial charge in [0.05, 0.1) is 5.69 Å². The molecule has 0 aliphatic heterocycles. The lowest BCUT2D eigenvalue weighted by atomic mass is 10.3. The second-order valence-electron chi connectivity index (χ2n) is 5.02. The van der Waals surface area contributed by atoms with Gasteiger partial charge >= 0.3 is 0 Å². The smallest absolute Gasteiger partial charge is 0.152 e. The molecule has 2 aromatic heterocycles. The predicted octanol–water partition coefficient (Wildman–Crippen LogP) is 3.07. The van der Waals surface area contributed by atoms with Crippen molar-refractivity contribution in [2.24, 2.45) is 0 Å². The van der Waals surface area contributed by atoms with Crippen molar-refractivity contribution in [1.82, 2.24) is 14.7 Å². The van der Waals surface area contributed by atoms with Crippen molar-refractivity contribution in [2.45, 2.75) is 40.2 Å². The quantitative estimate of drug-likeness (QED) is 0.803. The number of hydrogen-bond acceptors (Lipinski definition) is 3. The summed E-state index contributed by atoms with van der Waals surface area (Å²) in [5.74, 6) is 1.13. The summed E-state index contributed by atoms with van der Waals surface area (Å²) in [4.78, 5) is 7.23. The predicted molar refractivity (Wildman–Crippen MR) is 85.4 cm³/mol. The summed E-state index contributed by atoms with van der Waals surface area (Å²) in [6, 6.07) is 6.19. The lowest BCUT2D eigenvalue weighted by Crippen LogP contribution is -2.26. The summed E-state index contributed by atoms with van der Waals surface area (Å²) in [6.07, 6.45) is 4.53. The number of nitrogens with one attached hydrogen (secondary N) is 1. The van der Waals surface area contributed by atoms with E-state index in [2.05, 4.69) is 53.7 Å². The van der Waals surface area contributed by atoms with E-state index in [9.17, 15) is 0 Å². The Hall–Kier alpha value is -1.55. The number of unbranched alkanes of at least 4 members (excludes halogenated alkanes) is 1. The Balaban J connectivity index is 2.38. The van der Waals surface area contributed by atoms with Crippen LogP contribution in [0.2, 0.25) is 0 Å². The summed E-state index contributed by atoms with van der Waals surface area (Å²) in [6.45, 7) is 10.5. The molecule has 0 radical (unpaired) electrons. The zero-order chi connectivity index (χ0) is 14.4. The minimum absolute atomic E-state index is 0.861. The third-order valence-electron chi connectivity index (χ3n) is 3.61. The normalized spacial score (nSPS) is 11.2. The number of rotatable bonds is 8. The van der Waals surface area contributed by atoms with Crippen molar-refractivity contribution in [3.63, 3.8) is 0 Å². The average molecular weight is 274 g/mol. The molecular formula is C16H26N4. The average Bonchev–Trinajstić information content (AvgIpc) is 2.84. The van der Waals surface area contributed by atoms with Crippen LogP contribution in [-0.2, 0) is 6.54 Å². The van der Waals surface area contributed by atoms with Crippen LogP contribution >= 0.6 is 0 Å². The summed E-state index contributed by atoms with van der Waals surface area (Å²) in [5, 5.41) is 3.43. The van der Waals surface area contributed by atoms with Crippen LogP contribution in [0.1, 0.15) is 39.3 Å².